The number of imidazole rings is 1. The predicted octanol–water partition coefficient (Wildman–Crippen LogP) is 6.91. The number of ether oxygens (including phenoxy) is 1. The van der Waals surface area contributed by atoms with Crippen molar-refractivity contribution in [2.75, 3.05) is 19.6 Å². The van der Waals surface area contributed by atoms with Gasteiger partial charge in [0.25, 0.3) is 0 Å². The van der Waals surface area contributed by atoms with Crippen LogP contribution in [-0.2, 0) is 14.9 Å². The van der Waals surface area contributed by atoms with Crippen LogP contribution in [0.5, 0.6) is 0 Å². The van der Waals surface area contributed by atoms with E-state index in [0.717, 1.165) is 55.6 Å². The Kier molecular flexibility index (Phi) is 9.16. The van der Waals surface area contributed by atoms with Crippen molar-refractivity contribution in [3.05, 3.63) is 65.7 Å². The van der Waals surface area contributed by atoms with E-state index in [4.69, 9.17) is 9.72 Å². The van der Waals surface area contributed by atoms with E-state index < -0.39 is 17.7 Å². The van der Waals surface area contributed by atoms with Gasteiger partial charge in [-0.15, -0.1) is 0 Å². The molecule has 3 aromatic rings. The third-order valence-electron chi connectivity index (χ3n) is 10.7. The number of nitrogens with zero attached hydrogens (tertiary/aromatic N) is 4. The number of likely N-dealkylation sites (tertiary alicyclic amines) is 1. The minimum absolute atomic E-state index is 0.0800. The average molecular weight is 632 g/mol. The fourth-order valence-corrected chi connectivity index (χ4v) is 8.46. The largest absolute Gasteiger partial charge is 0.444 e. The van der Waals surface area contributed by atoms with Gasteiger partial charge in [0.15, 0.2) is 0 Å². The van der Waals surface area contributed by atoms with Gasteiger partial charge < -0.3 is 19.5 Å². The zero-order chi connectivity index (χ0) is 32.6. The summed E-state index contributed by atoms with van der Waals surface area (Å²) >= 11 is 0. The molecule has 3 aliphatic heterocycles. The van der Waals surface area contributed by atoms with E-state index in [2.05, 4.69) is 52.0 Å². The molecule has 248 valence electrons. The maximum atomic E-state index is 14.6. The van der Waals surface area contributed by atoms with E-state index in [1.165, 1.54) is 24.4 Å². The molecule has 2 amide bonds. The molecule has 0 radical (unpaired) electrons. The van der Waals surface area contributed by atoms with Crippen molar-refractivity contribution in [1.29, 1.82) is 0 Å². The van der Waals surface area contributed by atoms with Gasteiger partial charge in [-0.25, -0.2) is 14.2 Å². The number of hydrogen-bond donors (Lipinski definition) is 1. The first-order valence-corrected chi connectivity index (χ1v) is 17.2. The summed E-state index contributed by atoms with van der Waals surface area (Å²) in [6.45, 7) is 11.6. The highest BCUT2D eigenvalue weighted by Crippen LogP contribution is 2.45. The van der Waals surface area contributed by atoms with Gasteiger partial charge in [-0.05, 0) is 121 Å². The number of carbonyl (C=O) groups excluding carboxylic acids is 2. The van der Waals surface area contributed by atoms with Gasteiger partial charge in [-0.3, -0.25) is 9.69 Å². The second kappa shape index (κ2) is 13.0. The summed E-state index contributed by atoms with van der Waals surface area (Å²) in [4.78, 5) is 35.4. The number of benzene rings is 2. The molecule has 2 aromatic carbocycles. The van der Waals surface area contributed by atoms with Crippen molar-refractivity contribution in [2.45, 2.75) is 121 Å². The highest BCUT2D eigenvalue weighted by atomic mass is 19.1. The van der Waals surface area contributed by atoms with Gasteiger partial charge in [-0.2, -0.15) is 0 Å². The van der Waals surface area contributed by atoms with Crippen molar-refractivity contribution in [1.82, 2.24) is 24.7 Å². The van der Waals surface area contributed by atoms with E-state index in [1.807, 2.05) is 38.7 Å². The Hall–Kier alpha value is -3.46. The summed E-state index contributed by atoms with van der Waals surface area (Å²) in [6.07, 6.45) is 7.03. The number of alkyl carbamates (subject to hydrolysis) is 1. The monoisotopic (exact) mass is 631 g/mol. The van der Waals surface area contributed by atoms with Crippen LogP contribution >= 0.6 is 0 Å². The number of para-hydroxylation sites is 2. The SMILES string of the molecule is CC[C@H](NC(=O)OC(C)(C)C)C(=O)N1CCC(CCN2[C@@H]3CC[C@H]2CC(n2c(C)nc4ccccc42)C3)(c2cccc(F)c2)CC1. The second-order valence-electron chi connectivity index (χ2n) is 14.7. The van der Waals surface area contributed by atoms with Gasteiger partial charge in [0.05, 0.1) is 11.0 Å². The first-order valence-electron chi connectivity index (χ1n) is 17.2. The Bertz CT molecular complexity index is 1540. The number of piperidine rings is 2. The fraction of sp³-hybridized carbons (Fsp3) is 0.595. The van der Waals surface area contributed by atoms with Gasteiger partial charge in [0.1, 0.15) is 23.3 Å². The highest BCUT2D eigenvalue weighted by Gasteiger charge is 2.44. The molecular weight excluding hydrogens is 581 g/mol. The minimum Gasteiger partial charge on any atom is -0.444 e. The third-order valence-corrected chi connectivity index (χ3v) is 10.7. The number of amides is 2. The van der Waals surface area contributed by atoms with Crippen molar-refractivity contribution in [2.24, 2.45) is 0 Å². The lowest BCUT2D eigenvalue weighted by Crippen LogP contribution is -2.54. The molecule has 8 nitrogen and oxygen atoms in total. The summed E-state index contributed by atoms with van der Waals surface area (Å²) in [6, 6.07) is 16.4. The standard InChI is InChI=1S/C37H50FN5O3/c1-6-31(40-35(45)46-36(3,4)5)34(44)41-19-16-37(17-20-41,26-10-9-11-27(38)22-26)18-21-42-28-14-15-29(42)24-30(23-28)43-25(2)39-32-12-7-8-13-33(32)43/h7-13,22,28-31H,6,14-21,23-24H2,1-5H3,(H,40,45)/t28-,29+,30?,31-/m0/s1. The van der Waals surface area contributed by atoms with Crippen molar-refractivity contribution >= 4 is 23.0 Å². The molecule has 1 unspecified atom stereocenters. The number of carbonyl (C=O) groups is 2. The van der Waals surface area contributed by atoms with Crippen LogP contribution in [0.4, 0.5) is 9.18 Å². The Morgan fingerprint density at radius 3 is 2.39 bits per heavy atom. The quantitative estimate of drug-likeness (QED) is 0.293. The summed E-state index contributed by atoms with van der Waals surface area (Å²) in [5.41, 5.74) is 2.48. The average Bonchev–Trinajstić information content (AvgIpc) is 3.48. The number of aryl methyl sites for hydroxylation is 1. The summed E-state index contributed by atoms with van der Waals surface area (Å²) in [5.74, 6) is 0.799. The lowest BCUT2D eigenvalue weighted by molar-refractivity contribution is -0.135. The number of aromatic nitrogens is 2. The lowest BCUT2D eigenvalue weighted by Gasteiger charge is -2.46. The number of nitrogens with one attached hydrogen (secondary N) is 1. The molecule has 4 heterocycles. The topological polar surface area (TPSA) is 79.7 Å². The Balaban J connectivity index is 1.14. The van der Waals surface area contributed by atoms with E-state index in [0.29, 0.717) is 37.6 Å². The van der Waals surface area contributed by atoms with Crippen LogP contribution < -0.4 is 5.32 Å². The van der Waals surface area contributed by atoms with Gasteiger partial charge in [-0.1, -0.05) is 31.2 Å². The smallest absolute Gasteiger partial charge is 0.408 e. The van der Waals surface area contributed by atoms with E-state index in [1.54, 1.807) is 6.07 Å². The molecule has 0 aliphatic carbocycles. The molecule has 1 N–H and O–H groups in total. The third kappa shape index (κ3) is 6.66. The van der Waals surface area contributed by atoms with Crippen LogP contribution in [0.15, 0.2) is 48.5 Å². The van der Waals surface area contributed by atoms with E-state index >= 15 is 0 Å². The molecule has 3 saturated heterocycles. The number of rotatable bonds is 8. The van der Waals surface area contributed by atoms with Crippen molar-refractivity contribution in [3.63, 3.8) is 0 Å². The highest BCUT2D eigenvalue weighted by molar-refractivity contribution is 5.85. The maximum Gasteiger partial charge on any atom is 0.408 e. The summed E-state index contributed by atoms with van der Waals surface area (Å²) < 4.78 is 22.5. The van der Waals surface area contributed by atoms with Crippen LogP contribution in [0, 0.1) is 12.7 Å². The molecule has 3 aliphatic rings. The fourth-order valence-electron chi connectivity index (χ4n) is 8.46. The first kappa shape index (κ1) is 32.5. The molecule has 0 spiro atoms. The number of halogens is 1. The Labute approximate surface area is 272 Å². The molecule has 0 saturated carbocycles. The van der Waals surface area contributed by atoms with Gasteiger partial charge in [0, 0.05) is 31.2 Å². The normalized spacial score (nSPS) is 23.8. The van der Waals surface area contributed by atoms with Crippen molar-refractivity contribution in [3.8, 4) is 0 Å². The van der Waals surface area contributed by atoms with Gasteiger partial charge >= 0.3 is 6.09 Å². The minimum atomic E-state index is -0.636. The van der Waals surface area contributed by atoms with Crippen LogP contribution in [0.2, 0.25) is 0 Å². The first-order chi connectivity index (χ1) is 22.0. The van der Waals surface area contributed by atoms with E-state index in [-0.39, 0.29) is 17.1 Å². The molecule has 3 fully saturated rings. The van der Waals surface area contributed by atoms with E-state index in [9.17, 15) is 14.0 Å². The zero-order valence-corrected chi connectivity index (χ0v) is 28.1. The molecule has 2 bridgehead atoms. The van der Waals surface area contributed by atoms with Crippen LogP contribution in [0.25, 0.3) is 11.0 Å². The van der Waals surface area contributed by atoms with Crippen LogP contribution in [-0.4, -0.2) is 74.7 Å². The summed E-state index contributed by atoms with van der Waals surface area (Å²) in [7, 11) is 0. The predicted molar refractivity (Wildman–Crippen MR) is 178 cm³/mol. The van der Waals surface area contributed by atoms with Crippen LogP contribution in [0.3, 0.4) is 0 Å². The maximum absolute atomic E-state index is 14.6. The summed E-state index contributed by atoms with van der Waals surface area (Å²) in [5, 5.41) is 2.78. The lowest BCUT2D eigenvalue weighted by atomic mass is 9.70. The second-order valence-corrected chi connectivity index (χ2v) is 14.7. The number of fused-ring (bicyclic) bond motifs is 3. The Morgan fingerprint density at radius 1 is 1.04 bits per heavy atom. The zero-order valence-electron chi connectivity index (χ0n) is 28.1. The molecule has 1 aromatic heterocycles. The molecule has 46 heavy (non-hydrogen) atoms. The van der Waals surface area contributed by atoms with Crippen LogP contribution in [0.1, 0.15) is 96.5 Å². The molecule has 6 rings (SSSR count). The van der Waals surface area contributed by atoms with Gasteiger partial charge in [0.2, 0.25) is 5.91 Å². The Morgan fingerprint density at radius 2 is 1.74 bits per heavy atom. The molecular formula is C37H50FN5O3. The molecule has 4 atom stereocenters. The molecule has 9 heteroatoms. The van der Waals surface area contributed by atoms with Crippen molar-refractivity contribution < 1.29 is 18.7 Å². The number of hydrogen-bond acceptors (Lipinski definition) is 5.